The molecule has 0 fully saturated rings. The Morgan fingerprint density at radius 2 is 2.06 bits per heavy atom. The Morgan fingerprint density at radius 1 is 1.35 bits per heavy atom. The van der Waals surface area contributed by atoms with Crippen molar-refractivity contribution in [3.05, 3.63) is 23.8 Å². The van der Waals surface area contributed by atoms with Gasteiger partial charge in [0, 0.05) is 6.42 Å². The van der Waals surface area contributed by atoms with E-state index in [4.69, 9.17) is 15.2 Å². The summed E-state index contributed by atoms with van der Waals surface area (Å²) in [5, 5.41) is 0. The Balaban J connectivity index is 2.91. The van der Waals surface area contributed by atoms with Gasteiger partial charge in [0.1, 0.15) is 17.3 Å². The summed E-state index contributed by atoms with van der Waals surface area (Å²) in [5.74, 6) is 1.51. The van der Waals surface area contributed by atoms with Crippen molar-refractivity contribution in [3.8, 4) is 11.5 Å². The van der Waals surface area contributed by atoms with Crippen LogP contribution in [0.25, 0.3) is 0 Å². The third-order valence-electron chi connectivity index (χ3n) is 2.69. The lowest BCUT2D eigenvalue weighted by Crippen LogP contribution is -2.32. The highest BCUT2D eigenvalue weighted by Crippen LogP contribution is 2.25. The molecule has 0 aromatic heterocycles. The summed E-state index contributed by atoms with van der Waals surface area (Å²) >= 11 is 0. The number of hydrogen-bond donors (Lipinski definition) is 1. The van der Waals surface area contributed by atoms with Gasteiger partial charge in [0.25, 0.3) is 0 Å². The van der Waals surface area contributed by atoms with E-state index >= 15 is 0 Å². The maximum Gasteiger partial charge on any atom is 0.149 e. The molecule has 0 saturated carbocycles. The molecule has 4 nitrogen and oxygen atoms in total. The predicted molar refractivity (Wildman–Crippen MR) is 66.5 cm³/mol. The number of hydrogen-bond acceptors (Lipinski definition) is 4. The van der Waals surface area contributed by atoms with E-state index in [-0.39, 0.29) is 5.78 Å². The van der Waals surface area contributed by atoms with Gasteiger partial charge < -0.3 is 15.2 Å². The third-order valence-corrected chi connectivity index (χ3v) is 2.69. The largest absolute Gasteiger partial charge is 0.497 e. The summed E-state index contributed by atoms with van der Waals surface area (Å²) in [5.41, 5.74) is 6.72. The van der Waals surface area contributed by atoms with Crippen LogP contribution in [0.15, 0.2) is 18.2 Å². The molecule has 0 spiro atoms. The molecule has 0 aliphatic carbocycles. The van der Waals surface area contributed by atoms with Crippen LogP contribution in [0, 0.1) is 0 Å². The topological polar surface area (TPSA) is 61.6 Å². The molecule has 1 unspecified atom stereocenters. The van der Waals surface area contributed by atoms with E-state index in [1.54, 1.807) is 14.2 Å². The summed E-state index contributed by atoms with van der Waals surface area (Å²) in [6, 6.07) is 5.00. The molecule has 1 rings (SSSR count). The van der Waals surface area contributed by atoms with Gasteiger partial charge >= 0.3 is 0 Å². The van der Waals surface area contributed by atoms with Gasteiger partial charge in [-0.25, -0.2) is 0 Å². The van der Waals surface area contributed by atoms with Crippen LogP contribution >= 0.6 is 0 Å². The summed E-state index contributed by atoms with van der Waals surface area (Å²) in [6.07, 6.45) is 0.917. The second kappa shape index (κ2) is 6.25. The molecule has 0 radical (unpaired) electrons. The highest BCUT2D eigenvalue weighted by molar-refractivity contribution is 5.83. The lowest BCUT2D eigenvalue weighted by molar-refractivity contribution is -0.119. The molecular formula is C13H19NO3. The molecule has 94 valence electrons. The maximum absolute atomic E-state index is 11.5. The first-order valence-corrected chi connectivity index (χ1v) is 5.61. The van der Waals surface area contributed by atoms with Crippen molar-refractivity contribution in [2.45, 2.75) is 25.8 Å². The van der Waals surface area contributed by atoms with Crippen molar-refractivity contribution in [2.75, 3.05) is 14.2 Å². The van der Waals surface area contributed by atoms with Crippen LogP contribution in [-0.2, 0) is 11.2 Å². The first kappa shape index (κ1) is 13.5. The molecule has 1 aromatic rings. The van der Waals surface area contributed by atoms with Crippen LogP contribution < -0.4 is 15.2 Å². The molecule has 0 heterocycles. The zero-order chi connectivity index (χ0) is 12.8. The number of Topliss-reactive ketones (excluding diaryl/α,β-unsaturated/α-hetero) is 1. The molecule has 0 aliphatic heterocycles. The number of carbonyl (C=O) groups excluding carboxylic acids is 1. The smallest absolute Gasteiger partial charge is 0.149 e. The SMILES string of the molecule is CCC(=O)C(N)Cc1cc(OC)ccc1OC. The van der Waals surface area contributed by atoms with Crippen LogP contribution in [0.4, 0.5) is 0 Å². The Labute approximate surface area is 102 Å². The molecule has 0 aliphatic rings. The monoisotopic (exact) mass is 237 g/mol. The molecule has 0 bridgehead atoms. The lowest BCUT2D eigenvalue weighted by Gasteiger charge is -2.13. The van der Waals surface area contributed by atoms with E-state index in [0.717, 1.165) is 17.1 Å². The summed E-state index contributed by atoms with van der Waals surface area (Å²) < 4.78 is 10.4. The minimum absolute atomic E-state index is 0.0508. The highest BCUT2D eigenvalue weighted by Gasteiger charge is 2.15. The van der Waals surface area contributed by atoms with E-state index in [2.05, 4.69) is 0 Å². The maximum atomic E-state index is 11.5. The second-order valence-corrected chi connectivity index (χ2v) is 3.81. The predicted octanol–water partition coefficient (Wildman–Crippen LogP) is 1.55. The quantitative estimate of drug-likeness (QED) is 0.815. The van der Waals surface area contributed by atoms with Crippen LogP contribution in [-0.4, -0.2) is 26.0 Å². The normalized spacial score (nSPS) is 12.0. The van der Waals surface area contributed by atoms with E-state index < -0.39 is 6.04 Å². The molecule has 1 atom stereocenters. The van der Waals surface area contributed by atoms with Gasteiger partial charge in [-0.15, -0.1) is 0 Å². The molecule has 17 heavy (non-hydrogen) atoms. The molecule has 4 heteroatoms. The zero-order valence-corrected chi connectivity index (χ0v) is 10.5. The first-order valence-electron chi connectivity index (χ1n) is 5.61. The van der Waals surface area contributed by atoms with Gasteiger partial charge in [-0.1, -0.05) is 6.92 Å². The van der Waals surface area contributed by atoms with E-state index in [1.807, 2.05) is 25.1 Å². The second-order valence-electron chi connectivity index (χ2n) is 3.81. The number of carbonyl (C=O) groups is 1. The van der Waals surface area contributed by atoms with Gasteiger partial charge in [0.05, 0.1) is 20.3 Å². The van der Waals surface area contributed by atoms with Gasteiger partial charge in [0.15, 0.2) is 0 Å². The van der Waals surface area contributed by atoms with E-state index in [1.165, 1.54) is 0 Å². The number of benzene rings is 1. The lowest BCUT2D eigenvalue weighted by atomic mass is 10.0. The third kappa shape index (κ3) is 3.46. The number of rotatable bonds is 6. The van der Waals surface area contributed by atoms with Crippen LogP contribution in [0.3, 0.4) is 0 Å². The average Bonchev–Trinajstić information content (AvgIpc) is 2.37. The van der Waals surface area contributed by atoms with E-state index in [9.17, 15) is 4.79 Å². The molecule has 1 aromatic carbocycles. The Morgan fingerprint density at radius 3 is 2.59 bits per heavy atom. The Bertz CT molecular complexity index is 390. The minimum Gasteiger partial charge on any atom is -0.497 e. The van der Waals surface area contributed by atoms with E-state index in [0.29, 0.717) is 12.8 Å². The van der Waals surface area contributed by atoms with Crippen molar-refractivity contribution < 1.29 is 14.3 Å². The number of nitrogens with two attached hydrogens (primary N) is 1. The molecule has 0 amide bonds. The average molecular weight is 237 g/mol. The standard InChI is InChI=1S/C13H19NO3/c1-4-12(15)11(14)8-9-7-10(16-2)5-6-13(9)17-3/h5-7,11H,4,8,14H2,1-3H3. The summed E-state index contributed by atoms with van der Waals surface area (Å²) in [6.45, 7) is 1.81. The van der Waals surface area contributed by atoms with Crippen LogP contribution in [0.2, 0.25) is 0 Å². The zero-order valence-electron chi connectivity index (χ0n) is 10.5. The number of methoxy groups -OCH3 is 2. The fourth-order valence-electron chi connectivity index (χ4n) is 1.65. The molecule has 2 N–H and O–H groups in total. The Hall–Kier alpha value is -1.55. The van der Waals surface area contributed by atoms with Crippen molar-refractivity contribution in [3.63, 3.8) is 0 Å². The van der Waals surface area contributed by atoms with Crippen LogP contribution in [0.5, 0.6) is 11.5 Å². The van der Waals surface area contributed by atoms with Crippen LogP contribution in [0.1, 0.15) is 18.9 Å². The highest BCUT2D eigenvalue weighted by atomic mass is 16.5. The molecular weight excluding hydrogens is 218 g/mol. The van der Waals surface area contributed by atoms with Gasteiger partial charge in [-0.3, -0.25) is 4.79 Å². The molecule has 0 saturated heterocycles. The van der Waals surface area contributed by atoms with Crippen molar-refractivity contribution in [1.29, 1.82) is 0 Å². The van der Waals surface area contributed by atoms with Gasteiger partial charge in [-0.2, -0.15) is 0 Å². The number of ketones is 1. The summed E-state index contributed by atoms with van der Waals surface area (Å²) in [4.78, 5) is 11.5. The minimum atomic E-state index is -0.485. The van der Waals surface area contributed by atoms with Gasteiger partial charge in [-0.05, 0) is 30.2 Å². The first-order chi connectivity index (χ1) is 8.12. The van der Waals surface area contributed by atoms with Crippen molar-refractivity contribution in [1.82, 2.24) is 0 Å². The summed E-state index contributed by atoms with van der Waals surface area (Å²) in [7, 11) is 3.20. The fourth-order valence-corrected chi connectivity index (χ4v) is 1.65. The van der Waals surface area contributed by atoms with Crippen molar-refractivity contribution >= 4 is 5.78 Å². The van der Waals surface area contributed by atoms with Crippen molar-refractivity contribution in [2.24, 2.45) is 5.73 Å². The Kier molecular flexibility index (Phi) is 4.97. The van der Waals surface area contributed by atoms with Gasteiger partial charge in [0.2, 0.25) is 0 Å². The number of ether oxygens (including phenoxy) is 2. The fraction of sp³-hybridized carbons (Fsp3) is 0.462.